The average molecular weight is 265 g/mol. The zero-order chi connectivity index (χ0) is 13.0. The molecule has 2 rings (SSSR count). The number of hydrogen-bond acceptors (Lipinski definition) is 5. The van der Waals surface area contributed by atoms with Crippen molar-refractivity contribution < 1.29 is 4.74 Å². The number of aromatic nitrogens is 2. The highest BCUT2D eigenvalue weighted by Crippen LogP contribution is 2.29. The van der Waals surface area contributed by atoms with Crippen LogP contribution in [0.2, 0.25) is 0 Å². The summed E-state index contributed by atoms with van der Waals surface area (Å²) >= 11 is 1.61. The molecule has 1 N–H and O–H groups in total. The molecule has 0 spiro atoms. The quantitative estimate of drug-likeness (QED) is 0.865. The van der Waals surface area contributed by atoms with Gasteiger partial charge in [0.1, 0.15) is 4.83 Å². The molecule has 98 valence electrons. The molecular formula is C13H19N3OS. The lowest BCUT2D eigenvalue weighted by Crippen LogP contribution is -2.13. The van der Waals surface area contributed by atoms with Gasteiger partial charge in [-0.05, 0) is 31.7 Å². The third-order valence-electron chi connectivity index (χ3n) is 2.63. The molecule has 2 heterocycles. The van der Waals surface area contributed by atoms with Crippen LogP contribution in [0.4, 0.5) is 5.95 Å². The van der Waals surface area contributed by atoms with Gasteiger partial charge in [0.2, 0.25) is 11.8 Å². The van der Waals surface area contributed by atoms with Crippen molar-refractivity contribution in [1.29, 1.82) is 0 Å². The molecule has 0 saturated heterocycles. The maximum Gasteiger partial charge on any atom is 0.227 e. The van der Waals surface area contributed by atoms with Gasteiger partial charge in [-0.3, -0.25) is 0 Å². The van der Waals surface area contributed by atoms with Crippen molar-refractivity contribution in [1.82, 2.24) is 9.97 Å². The lowest BCUT2D eigenvalue weighted by Gasteiger charge is -2.14. The third-order valence-corrected chi connectivity index (χ3v) is 3.44. The smallest absolute Gasteiger partial charge is 0.227 e. The molecule has 0 fully saturated rings. The summed E-state index contributed by atoms with van der Waals surface area (Å²) in [4.78, 5) is 9.87. The number of rotatable bonds is 6. The first-order valence-electron chi connectivity index (χ1n) is 6.40. The van der Waals surface area contributed by atoms with Gasteiger partial charge in [-0.1, -0.05) is 13.3 Å². The van der Waals surface area contributed by atoms with Gasteiger partial charge in [0, 0.05) is 6.54 Å². The van der Waals surface area contributed by atoms with Crippen molar-refractivity contribution in [2.75, 3.05) is 11.9 Å². The zero-order valence-corrected chi connectivity index (χ0v) is 11.9. The summed E-state index contributed by atoms with van der Waals surface area (Å²) in [5, 5.41) is 6.16. The summed E-state index contributed by atoms with van der Waals surface area (Å²) in [6, 6.07) is 2.02. The van der Waals surface area contributed by atoms with Crippen LogP contribution in [0.5, 0.6) is 5.88 Å². The second-order valence-electron chi connectivity index (χ2n) is 4.24. The molecule has 0 aliphatic rings. The standard InChI is InChI=1S/C13H19N3OS/c1-4-6-9(3)17-11-10-7-8-18-12(10)16-13(15-11)14-5-2/h7-9H,4-6H2,1-3H3,(H,14,15,16). The van der Waals surface area contributed by atoms with Gasteiger partial charge >= 0.3 is 0 Å². The van der Waals surface area contributed by atoms with E-state index in [2.05, 4.69) is 29.1 Å². The van der Waals surface area contributed by atoms with Crippen LogP contribution >= 0.6 is 11.3 Å². The van der Waals surface area contributed by atoms with Crippen molar-refractivity contribution in [3.63, 3.8) is 0 Å². The molecule has 4 nitrogen and oxygen atoms in total. The molecule has 0 bridgehead atoms. The maximum absolute atomic E-state index is 5.93. The fourth-order valence-corrected chi connectivity index (χ4v) is 2.57. The molecule has 0 aromatic carbocycles. The fraction of sp³-hybridized carbons (Fsp3) is 0.538. The summed E-state index contributed by atoms with van der Waals surface area (Å²) in [7, 11) is 0. The van der Waals surface area contributed by atoms with E-state index < -0.39 is 0 Å². The number of hydrogen-bond donors (Lipinski definition) is 1. The Kier molecular flexibility index (Phi) is 4.36. The number of nitrogens with zero attached hydrogens (tertiary/aromatic N) is 2. The van der Waals surface area contributed by atoms with Crippen molar-refractivity contribution >= 4 is 27.5 Å². The molecule has 2 aromatic rings. The number of ether oxygens (including phenoxy) is 1. The van der Waals surface area contributed by atoms with Crippen LogP contribution in [0.15, 0.2) is 11.4 Å². The highest BCUT2D eigenvalue weighted by molar-refractivity contribution is 7.16. The first-order valence-corrected chi connectivity index (χ1v) is 7.28. The lowest BCUT2D eigenvalue weighted by atomic mass is 10.2. The van der Waals surface area contributed by atoms with Crippen LogP contribution < -0.4 is 10.1 Å². The van der Waals surface area contributed by atoms with E-state index in [1.807, 2.05) is 18.4 Å². The second-order valence-corrected chi connectivity index (χ2v) is 5.13. The Morgan fingerprint density at radius 3 is 2.94 bits per heavy atom. The van der Waals surface area contributed by atoms with Crippen LogP contribution in [-0.2, 0) is 0 Å². The summed E-state index contributed by atoms with van der Waals surface area (Å²) in [5.41, 5.74) is 0. The van der Waals surface area contributed by atoms with Crippen LogP contribution in [0.3, 0.4) is 0 Å². The van der Waals surface area contributed by atoms with Crippen LogP contribution in [-0.4, -0.2) is 22.6 Å². The molecule has 18 heavy (non-hydrogen) atoms. The minimum absolute atomic E-state index is 0.183. The topological polar surface area (TPSA) is 47.0 Å². The number of fused-ring (bicyclic) bond motifs is 1. The zero-order valence-electron chi connectivity index (χ0n) is 11.1. The van der Waals surface area contributed by atoms with E-state index in [1.165, 1.54) is 0 Å². The summed E-state index contributed by atoms with van der Waals surface area (Å²) in [6.07, 6.45) is 2.33. The highest BCUT2D eigenvalue weighted by atomic mass is 32.1. The fourth-order valence-electron chi connectivity index (χ4n) is 1.81. The molecule has 1 unspecified atom stereocenters. The van der Waals surface area contributed by atoms with Crippen LogP contribution in [0, 0.1) is 0 Å². The maximum atomic E-state index is 5.93. The molecule has 0 aliphatic heterocycles. The Labute approximate surface area is 111 Å². The second kappa shape index (κ2) is 6.00. The molecule has 0 saturated carbocycles. The number of nitrogens with one attached hydrogen (secondary N) is 1. The summed E-state index contributed by atoms with van der Waals surface area (Å²) in [6.45, 7) is 7.07. The molecule has 0 amide bonds. The van der Waals surface area contributed by atoms with Crippen molar-refractivity contribution in [3.8, 4) is 5.88 Å². The van der Waals surface area contributed by atoms with Gasteiger partial charge < -0.3 is 10.1 Å². The molecule has 0 aliphatic carbocycles. The van der Waals surface area contributed by atoms with E-state index in [0.717, 1.165) is 29.6 Å². The van der Waals surface area contributed by atoms with Gasteiger partial charge in [-0.15, -0.1) is 11.3 Å². The van der Waals surface area contributed by atoms with Crippen LogP contribution in [0.1, 0.15) is 33.6 Å². The Morgan fingerprint density at radius 1 is 1.39 bits per heavy atom. The molecule has 1 atom stereocenters. The molecular weight excluding hydrogens is 246 g/mol. The minimum atomic E-state index is 0.183. The average Bonchev–Trinajstić information content (AvgIpc) is 2.78. The monoisotopic (exact) mass is 265 g/mol. The normalized spacial score (nSPS) is 12.6. The molecule has 2 aromatic heterocycles. The lowest BCUT2D eigenvalue weighted by molar-refractivity contribution is 0.204. The Morgan fingerprint density at radius 2 is 2.22 bits per heavy atom. The van der Waals surface area contributed by atoms with E-state index in [0.29, 0.717) is 11.8 Å². The minimum Gasteiger partial charge on any atom is -0.474 e. The van der Waals surface area contributed by atoms with Gasteiger partial charge in [0.25, 0.3) is 0 Å². The van der Waals surface area contributed by atoms with E-state index in [1.54, 1.807) is 11.3 Å². The van der Waals surface area contributed by atoms with Crippen molar-refractivity contribution in [3.05, 3.63) is 11.4 Å². The molecule has 5 heteroatoms. The largest absolute Gasteiger partial charge is 0.474 e. The predicted molar refractivity (Wildman–Crippen MR) is 76.6 cm³/mol. The summed E-state index contributed by atoms with van der Waals surface area (Å²) in [5.74, 6) is 1.34. The van der Waals surface area contributed by atoms with Crippen molar-refractivity contribution in [2.45, 2.75) is 39.7 Å². The third kappa shape index (κ3) is 2.90. The first kappa shape index (κ1) is 13.1. The van der Waals surface area contributed by atoms with E-state index in [-0.39, 0.29) is 6.10 Å². The van der Waals surface area contributed by atoms with Crippen molar-refractivity contribution in [2.24, 2.45) is 0 Å². The summed E-state index contributed by atoms with van der Waals surface area (Å²) < 4.78 is 5.93. The Balaban J connectivity index is 2.31. The molecule has 0 radical (unpaired) electrons. The van der Waals surface area contributed by atoms with Gasteiger partial charge in [0.15, 0.2) is 0 Å². The SMILES string of the molecule is CCCC(C)Oc1nc(NCC)nc2sccc12. The van der Waals surface area contributed by atoms with Gasteiger partial charge in [0.05, 0.1) is 11.5 Å². The number of anilines is 1. The highest BCUT2D eigenvalue weighted by Gasteiger charge is 2.12. The predicted octanol–water partition coefficient (Wildman–Crippen LogP) is 3.69. The van der Waals surface area contributed by atoms with E-state index >= 15 is 0 Å². The Bertz CT molecular complexity index is 512. The first-order chi connectivity index (χ1) is 8.74. The van der Waals surface area contributed by atoms with Gasteiger partial charge in [-0.2, -0.15) is 4.98 Å². The van der Waals surface area contributed by atoms with E-state index in [9.17, 15) is 0 Å². The Hall–Kier alpha value is -1.36. The van der Waals surface area contributed by atoms with Gasteiger partial charge in [-0.25, -0.2) is 4.98 Å². The van der Waals surface area contributed by atoms with E-state index in [4.69, 9.17) is 4.74 Å². The number of thiophene rings is 1. The van der Waals surface area contributed by atoms with Crippen LogP contribution in [0.25, 0.3) is 10.2 Å².